The first-order chi connectivity index (χ1) is 12.3. The number of likely N-dealkylation sites (N-methyl/N-ethyl adjacent to an activating group) is 1. The number of carbonyl (C=O) groups excluding carboxylic acids is 1. The SMILES string of the molecule is CC1NNC(C)C1S(=O)(=O)N(C)CC(=O)NCc1ccc2c(c1)OCO2. The maximum absolute atomic E-state index is 12.7. The Labute approximate surface area is 153 Å². The van der Waals surface area contributed by atoms with Crippen molar-refractivity contribution in [2.24, 2.45) is 0 Å². The van der Waals surface area contributed by atoms with Gasteiger partial charge in [0.15, 0.2) is 11.5 Å². The first kappa shape index (κ1) is 18.9. The van der Waals surface area contributed by atoms with Crippen LogP contribution in [0.2, 0.25) is 0 Å². The van der Waals surface area contributed by atoms with E-state index in [9.17, 15) is 13.2 Å². The average Bonchev–Trinajstić information content (AvgIpc) is 3.18. The molecule has 0 bridgehead atoms. The highest BCUT2D eigenvalue weighted by Crippen LogP contribution is 2.32. The molecule has 144 valence electrons. The smallest absolute Gasteiger partial charge is 0.235 e. The topological polar surface area (TPSA) is 109 Å². The molecule has 2 aliphatic rings. The zero-order chi connectivity index (χ0) is 18.9. The Morgan fingerprint density at radius 1 is 1.23 bits per heavy atom. The number of hydrogen-bond donors (Lipinski definition) is 3. The lowest BCUT2D eigenvalue weighted by Gasteiger charge is -2.25. The van der Waals surface area contributed by atoms with Gasteiger partial charge in [0.2, 0.25) is 22.7 Å². The van der Waals surface area contributed by atoms with Crippen molar-refractivity contribution in [1.29, 1.82) is 0 Å². The van der Waals surface area contributed by atoms with Crippen molar-refractivity contribution < 1.29 is 22.7 Å². The highest BCUT2D eigenvalue weighted by Gasteiger charge is 2.42. The van der Waals surface area contributed by atoms with Gasteiger partial charge < -0.3 is 14.8 Å². The molecule has 9 nitrogen and oxygen atoms in total. The summed E-state index contributed by atoms with van der Waals surface area (Å²) >= 11 is 0. The van der Waals surface area contributed by atoms with Crippen LogP contribution in [0, 0.1) is 0 Å². The van der Waals surface area contributed by atoms with Gasteiger partial charge in [0.1, 0.15) is 5.25 Å². The van der Waals surface area contributed by atoms with E-state index < -0.39 is 15.3 Å². The van der Waals surface area contributed by atoms with Crippen LogP contribution in [0.15, 0.2) is 18.2 Å². The van der Waals surface area contributed by atoms with E-state index in [0.717, 1.165) is 9.87 Å². The van der Waals surface area contributed by atoms with Crippen LogP contribution < -0.4 is 25.6 Å². The summed E-state index contributed by atoms with van der Waals surface area (Å²) in [6.45, 7) is 3.83. The summed E-state index contributed by atoms with van der Waals surface area (Å²) in [6, 6.07) is 4.92. The van der Waals surface area contributed by atoms with Crippen LogP contribution in [-0.2, 0) is 21.4 Å². The molecule has 1 aromatic rings. The van der Waals surface area contributed by atoms with Crippen LogP contribution in [-0.4, -0.2) is 56.3 Å². The lowest BCUT2D eigenvalue weighted by molar-refractivity contribution is -0.121. The molecule has 2 unspecified atom stereocenters. The number of nitrogens with one attached hydrogen (secondary N) is 3. The van der Waals surface area contributed by atoms with Gasteiger partial charge in [0, 0.05) is 25.7 Å². The predicted octanol–water partition coefficient (Wildman–Crippen LogP) is -0.453. The molecule has 0 aromatic heterocycles. The Balaban J connectivity index is 1.56. The molecule has 2 aliphatic heterocycles. The third-order valence-electron chi connectivity index (χ3n) is 4.60. The Morgan fingerprint density at radius 3 is 2.58 bits per heavy atom. The highest BCUT2D eigenvalue weighted by atomic mass is 32.2. The number of amides is 1. The minimum Gasteiger partial charge on any atom is -0.454 e. The second kappa shape index (κ2) is 7.39. The number of ether oxygens (including phenoxy) is 2. The highest BCUT2D eigenvalue weighted by molar-refractivity contribution is 7.89. The summed E-state index contributed by atoms with van der Waals surface area (Å²) in [6.07, 6.45) is 0. The number of nitrogens with zero attached hydrogens (tertiary/aromatic N) is 1. The molecular formula is C16H24N4O5S. The Bertz CT molecular complexity index is 775. The second-order valence-electron chi connectivity index (χ2n) is 6.60. The Hall–Kier alpha value is -1.88. The molecule has 2 atom stereocenters. The van der Waals surface area contributed by atoms with Gasteiger partial charge in [-0.2, -0.15) is 4.31 Å². The lowest BCUT2D eigenvalue weighted by atomic mass is 10.2. The van der Waals surface area contributed by atoms with E-state index in [2.05, 4.69) is 16.2 Å². The monoisotopic (exact) mass is 384 g/mol. The van der Waals surface area contributed by atoms with E-state index in [-0.39, 0.29) is 37.9 Å². The van der Waals surface area contributed by atoms with Gasteiger partial charge in [-0.05, 0) is 31.5 Å². The number of sulfonamides is 1. The van der Waals surface area contributed by atoms with Gasteiger partial charge in [-0.15, -0.1) is 0 Å². The minimum absolute atomic E-state index is 0.190. The van der Waals surface area contributed by atoms with E-state index in [1.165, 1.54) is 7.05 Å². The summed E-state index contributed by atoms with van der Waals surface area (Å²) in [4.78, 5) is 12.2. The van der Waals surface area contributed by atoms with Gasteiger partial charge in [-0.3, -0.25) is 15.6 Å². The van der Waals surface area contributed by atoms with Gasteiger partial charge >= 0.3 is 0 Å². The van der Waals surface area contributed by atoms with Crippen LogP contribution in [0.4, 0.5) is 0 Å². The molecule has 1 saturated heterocycles. The Morgan fingerprint density at radius 2 is 1.88 bits per heavy atom. The number of carbonyl (C=O) groups is 1. The van der Waals surface area contributed by atoms with Gasteiger partial charge in [0.05, 0.1) is 6.54 Å². The standard InChI is InChI=1S/C16H24N4O5S/c1-10-16(11(2)19-18-10)26(22,23)20(3)8-15(21)17-7-12-4-5-13-14(6-12)25-9-24-13/h4-6,10-11,16,18-19H,7-9H2,1-3H3,(H,17,21). The van der Waals surface area contributed by atoms with Crippen molar-refractivity contribution in [3.05, 3.63) is 23.8 Å². The van der Waals surface area contributed by atoms with Crippen LogP contribution in [0.3, 0.4) is 0 Å². The fraction of sp³-hybridized carbons (Fsp3) is 0.562. The number of hydrogen-bond acceptors (Lipinski definition) is 7. The third-order valence-corrected chi connectivity index (χ3v) is 7.10. The largest absolute Gasteiger partial charge is 0.454 e. The summed E-state index contributed by atoms with van der Waals surface area (Å²) in [5.74, 6) is 0.946. The van der Waals surface area contributed by atoms with Crippen LogP contribution in [0.1, 0.15) is 19.4 Å². The molecule has 26 heavy (non-hydrogen) atoms. The molecule has 3 N–H and O–H groups in total. The van der Waals surface area contributed by atoms with Gasteiger partial charge in [-0.1, -0.05) is 6.07 Å². The van der Waals surface area contributed by atoms with E-state index in [1.807, 2.05) is 6.07 Å². The third kappa shape index (κ3) is 3.78. The summed E-state index contributed by atoms with van der Waals surface area (Å²) in [5.41, 5.74) is 6.69. The average molecular weight is 384 g/mol. The zero-order valence-electron chi connectivity index (χ0n) is 15.0. The number of fused-ring (bicyclic) bond motifs is 1. The molecule has 1 aromatic carbocycles. The first-order valence-corrected chi connectivity index (χ1v) is 9.91. The van der Waals surface area contributed by atoms with E-state index in [0.29, 0.717) is 11.5 Å². The van der Waals surface area contributed by atoms with Crippen LogP contribution >= 0.6 is 0 Å². The lowest BCUT2D eigenvalue weighted by Crippen LogP contribution is -2.48. The summed E-state index contributed by atoms with van der Waals surface area (Å²) in [5, 5.41) is 2.10. The first-order valence-electron chi connectivity index (χ1n) is 8.40. The molecule has 1 fully saturated rings. The normalized spacial score (nSPS) is 24.8. The van der Waals surface area contributed by atoms with Crippen molar-refractivity contribution in [3.8, 4) is 11.5 Å². The number of benzene rings is 1. The van der Waals surface area contributed by atoms with Crippen LogP contribution in [0.25, 0.3) is 0 Å². The molecule has 0 aliphatic carbocycles. The maximum atomic E-state index is 12.7. The van der Waals surface area contributed by atoms with E-state index in [1.54, 1.807) is 26.0 Å². The maximum Gasteiger partial charge on any atom is 0.235 e. The molecule has 2 heterocycles. The Kier molecular flexibility index (Phi) is 5.37. The quantitative estimate of drug-likeness (QED) is 0.609. The minimum atomic E-state index is -3.61. The summed E-state index contributed by atoms with van der Waals surface area (Å²) in [7, 11) is -2.19. The molecule has 1 amide bonds. The van der Waals surface area contributed by atoms with E-state index >= 15 is 0 Å². The van der Waals surface area contributed by atoms with Crippen molar-refractivity contribution in [3.63, 3.8) is 0 Å². The van der Waals surface area contributed by atoms with Crippen LogP contribution in [0.5, 0.6) is 11.5 Å². The predicted molar refractivity (Wildman–Crippen MR) is 94.9 cm³/mol. The van der Waals surface area contributed by atoms with Crippen molar-refractivity contribution in [1.82, 2.24) is 20.5 Å². The van der Waals surface area contributed by atoms with Gasteiger partial charge in [-0.25, -0.2) is 8.42 Å². The molecular weight excluding hydrogens is 360 g/mol. The van der Waals surface area contributed by atoms with Crippen molar-refractivity contribution >= 4 is 15.9 Å². The second-order valence-corrected chi connectivity index (χ2v) is 8.79. The number of hydrazine groups is 1. The molecule has 0 spiro atoms. The van der Waals surface area contributed by atoms with Gasteiger partial charge in [0.25, 0.3) is 0 Å². The summed E-state index contributed by atoms with van der Waals surface area (Å²) < 4.78 is 37.1. The van der Waals surface area contributed by atoms with Crippen molar-refractivity contribution in [2.45, 2.75) is 37.7 Å². The fourth-order valence-corrected chi connectivity index (χ4v) is 5.06. The molecule has 0 saturated carbocycles. The van der Waals surface area contributed by atoms with E-state index in [4.69, 9.17) is 9.47 Å². The fourth-order valence-electron chi connectivity index (χ4n) is 3.18. The number of rotatable bonds is 6. The molecule has 10 heteroatoms. The van der Waals surface area contributed by atoms with Crippen molar-refractivity contribution in [2.75, 3.05) is 20.4 Å². The zero-order valence-corrected chi connectivity index (χ0v) is 15.8. The molecule has 0 radical (unpaired) electrons. The molecule has 3 rings (SSSR count).